The van der Waals surface area contributed by atoms with Gasteiger partial charge in [-0.05, 0) is 30.3 Å². The molecule has 126 valence electrons. The van der Waals surface area contributed by atoms with Crippen molar-refractivity contribution in [2.75, 3.05) is 11.5 Å². The number of halogens is 2. The van der Waals surface area contributed by atoms with Crippen LogP contribution < -0.4 is 11.5 Å². The monoisotopic (exact) mass is 374 g/mol. The molecule has 3 aromatic rings. The molecule has 1 aromatic heterocycles. The Morgan fingerprint density at radius 1 is 1.04 bits per heavy atom. The molecule has 1 heterocycles. The van der Waals surface area contributed by atoms with Gasteiger partial charge in [-0.3, -0.25) is 4.79 Å². The van der Waals surface area contributed by atoms with Crippen LogP contribution in [0.25, 0.3) is 0 Å². The van der Waals surface area contributed by atoms with Crippen LogP contribution >= 0.6 is 23.2 Å². The highest BCUT2D eigenvalue weighted by Gasteiger charge is 2.19. The first-order valence-corrected chi connectivity index (χ1v) is 7.83. The maximum Gasteiger partial charge on any atom is 0.280 e. The molecule has 0 aliphatic carbocycles. The van der Waals surface area contributed by atoms with Crippen LogP contribution in [0, 0.1) is 0 Å². The molecule has 25 heavy (non-hydrogen) atoms. The van der Waals surface area contributed by atoms with E-state index >= 15 is 0 Å². The van der Waals surface area contributed by atoms with Crippen LogP contribution in [0.2, 0.25) is 10.0 Å². The van der Waals surface area contributed by atoms with E-state index in [4.69, 9.17) is 34.7 Å². The van der Waals surface area contributed by atoms with Gasteiger partial charge in [-0.1, -0.05) is 41.4 Å². The molecule has 9 heteroatoms. The minimum Gasteiger partial charge on any atom is -0.382 e. The predicted molar refractivity (Wildman–Crippen MR) is 97.9 cm³/mol. The lowest BCUT2D eigenvalue weighted by molar-refractivity contribution is 0.0948. The summed E-state index contributed by atoms with van der Waals surface area (Å²) in [5.74, 6) is -0.452. The van der Waals surface area contributed by atoms with E-state index in [0.29, 0.717) is 21.3 Å². The van der Waals surface area contributed by atoms with Gasteiger partial charge < -0.3 is 11.5 Å². The maximum absolute atomic E-state index is 12.5. The molecule has 0 fully saturated rings. The second-order valence-electron chi connectivity index (χ2n) is 5.00. The summed E-state index contributed by atoms with van der Waals surface area (Å²) in [6, 6.07) is 13.3. The summed E-state index contributed by atoms with van der Waals surface area (Å²) in [4.78, 5) is 12.5. The molecule has 0 saturated carbocycles. The van der Waals surface area contributed by atoms with E-state index in [1.54, 1.807) is 42.5 Å². The van der Waals surface area contributed by atoms with Crippen molar-refractivity contribution in [3.63, 3.8) is 0 Å². The lowest BCUT2D eigenvalue weighted by Crippen LogP contribution is -2.16. The Morgan fingerprint density at radius 2 is 1.76 bits per heavy atom. The number of nitrogens with zero attached hydrogens (tertiary/aromatic N) is 4. The highest BCUT2D eigenvalue weighted by atomic mass is 35.5. The normalized spacial score (nSPS) is 11.1. The number of carbonyl (C=O) groups is 1. The molecule has 0 spiro atoms. The van der Waals surface area contributed by atoms with Crippen molar-refractivity contribution < 1.29 is 4.79 Å². The van der Waals surface area contributed by atoms with Crippen LogP contribution in [-0.2, 0) is 0 Å². The Bertz CT molecular complexity index is 968. The molecule has 0 bridgehead atoms. The Labute approximate surface area is 152 Å². The van der Waals surface area contributed by atoms with E-state index in [0.717, 1.165) is 4.68 Å². The SMILES string of the molecule is Nc1nn(C(=O)c2ccccc2)c(N)c1N=Nc1ccc(Cl)cc1Cl. The van der Waals surface area contributed by atoms with Gasteiger partial charge >= 0.3 is 0 Å². The molecule has 7 nitrogen and oxygen atoms in total. The first kappa shape index (κ1) is 16.9. The first-order chi connectivity index (χ1) is 12.0. The van der Waals surface area contributed by atoms with Crippen LogP contribution in [0.15, 0.2) is 58.8 Å². The summed E-state index contributed by atoms with van der Waals surface area (Å²) < 4.78 is 0.989. The zero-order chi connectivity index (χ0) is 18.0. The first-order valence-electron chi connectivity index (χ1n) is 7.08. The number of carbonyl (C=O) groups excluding carboxylic acids is 1. The van der Waals surface area contributed by atoms with Gasteiger partial charge in [0.2, 0.25) is 0 Å². The fourth-order valence-corrected chi connectivity index (χ4v) is 2.51. The van der Waals surface area contributed by atoms with Gasteiger partial charge in [0, 0.05) is 10.6 Å². The van der Waals surface area contributed by atoms with Gasteiger partial charge in [0.15, 0.2) is 17.3 Å². The van der Waals surface area contributed by atoms with Gasteiger partial charge in [0.1, 0.15) is 5.69 Å². The van der Waals surface area contributed by atoms with Gasteiger partial charge in [-0.2, -0.15) is 4.68 Å². The average Bonchev–Trinajstić information content (AvgIpc) is 2.89. The van der Waals surface area contributed by atoms with E-state index < -0.39 is 5.91 Å². The highest BCUT2D eigenvalue weighted by molar-refractivity contribution is 6.36. The van der Waals surface area contributed by atoms with Crippen LogP contribution in [0.1, 0.15) is 10.4 Å². The third kappa shape index (κ3) is 3.47. The van der Waals surface area contributed by atoms with Crippen molar-refractivity contribution in [3.8, 4) is 0 Å². The Balaban J connectivity index is 1.95. The van der Waals surface area contributed by atoms with Crippen LogP contribution in [0.3, 0.4) is 0 Å². The second kappa shape index (κ2) is 6.92. The number of rotatable bonds is 3. The molecule has 0 aliphatic heterocycles. The predicted octanol–water partition coefficient (Wildman–Crippen LogP) is 4.46. The minimum absolute atomic E-state index is 0.0137. The molecule has 0 saturated heterocycles. The topological polar surface area (TPSA) is 112 Å². The summed E-state index contributed by atoms with van der Waals surface area (Å²) >= 11 is 11.9. The maximum atomic E-state index is 12.5. The number of hydrogen-bond donors (Lipinski definition) is 2. The average molecular weight is 375 g/mol. The molecule has 0 aliphatic rings. The third-order valence-corrected chi connectivity index (χ3v) is 3.84. The van der Waals surface area contributed by atoms with E-state index in [2.05, 4.69) is 15.3 Å². The number of nitrogen functional groups attached to an aromatic ring is 2. The van der Waals surface area contributed by atoms with Gasteiger partial charge in [-0.25, -0.2) is 0 Å². The number of benzene rings is 2. The number of aromatic nitrogens is 2. The van der Waals surface area contributed by atoms with Crippen molar-refractivity contribution in [3.05, 3.63) is 64.1 Å². The Hall–Kier alpha value is -2.90. The fourth-order valence-electron chi connectivity index (χ4n) is 2.07. The quantitative estimate of drug-likeness (QED) is 0.658. The number of hydrogen-bond acceptors (Lipinski definition) is 6. The summed E-state index contributed by atoms with van der Waals surface area (Å²) in [7, 11) is 0. The largest absolute Gasteiger partial charge is 0.382 e. The van der Waals surface area contributed by atoms with Crippen molar-refractivity contribution in [1.29, 1.82) is 0 Å². The minimum atomic E-state index is -0.421. The lowest BCUT2D eigenvalue weighted by Gasteiger charge is -2.02. The highest BCUT2D eigenvalue weighted by Crippen LogP contribution is 2.33. The van der Waals surface area contributed by atoms with Gasteiger partial charge in [0.05, 0.1) is 5.02 Å². The van der Waals surface area contributed by atoms with E-state index in [9.17, 15) is 4.79 Å². The van der Waals surface area contributed by atoms with Crippen molar-refractivity contribution >= 4 is 52.1 Å². The number of azo groups is 1. The molecule has 2 aromatic carbocycles. The summed E-state index contributed by atoms with van der Waals surface area (Å²) in [6.45, 7) is 0. The molecular weight excluding hydrogens is 363 g/mol. The summed E-state index contributed by atoms with van der Waals surface area (Å²) in [5.41, 5.74) is 12.7. The van der Waals surface area contributed by atoms with Crippen LogP contribution in [0.4, 0.5) is 23.0 Å². The van der Waals surface area contributed by atoms with E-state index in [1.807, 2.05) is 0 Å². The Morgan fingerprint density at radius 3 is 2.44 bits per heavy atom. The van der Waals surface area contributed by atoms with E-state index in [-0.39, 0.29) is 17.3 Å². The lowest BCUT2D eigenvalue weighted by atomic mass is 10.2. The molecule has 0 radical (unpaired) electrons. The molecular formula is C16H12Cl2N6O. The zero-order valence-electron chi connectivity index (χ0n) is 12.7. The number of anilines is 2. The molecule has 0 atom stereocenters. The van der Waals surface area contributed by atoms with Crippen LogP contribution in [-0.4, -0.2) is 15.7 Å². The molecule has 0 amide bonds. The summed E-state index contributed by atoms with van der Waals surface area (Å²) in [5, 5.41) is 12.7. The fraction of sp³-hybridized carbons (Fsp3) is 0. The molecule has 4 N–H and O–H groups in total. The van der Waals surface area contributed by atoms with Gasteiger partial charge in [0.25, 0.3) is 5.91 Å². The third-order valence-electron chi connectivity index (χ3n) is 3.30. The van der Waals surface area contributed by atoms with Gasteiger partial charge in [-0.15, -0.1) is 15.3 Å². The Kier molecular flexibility index (Phi) is 4.69. The summed E-state index contributed by atoms with van der Waals surface area (Å²) in [6.07, 6.45) is 0. The van der Waals surface area contributed by atoms with Crippen molar-refractivity contribution in [1.82, 2.24) is 9.78 Å². The van der Waals surface area contributed by atoms with Crippen LogP contribution in [0.5, 0.6) is 0 Å². The van der Waals surface area contributed by atoms with E-state index in [1.165, 1.54) is 6.07 Å². The number of nitrogens with two attached hydrogens (primary N) is 2. The van der Waals surface area contributed by atoms with Crippen molar-refractivity contribution in [2.24, 2.45) is 10.2 Å². The smallest absolute Gasteiger partial charge is 0.280 e. The van der Waals surface area contributed by atoms with Crippen molar-refractivity contribution in [2.45, 2.75) is 0 Å². The molecule has 0 unspecified atom stereocenters. The molecule has 3 rings (SSSR count). The standard InChI is InChI=1S/C16H12Cl2N6O/c17-10-6-7-12(11(18)8-10)21-22-13-14(19)23-24(15(13)20)16(25)9-4-2-1-3-5-9/h1-8H,20H2,(H2,19,23). The zero-order valence-corrected chi connectivity index (χ0v) is 14.2. The second-order valence-corrected chi connectivity index (χ2v) is 5.84.